The fraction of sp³-hybridized carbons (Fsp3) is 0.533. The van der Waals surface area contributed by atoms with Crippen LogP contribution in [0.2, 0.25) is 0 Å². The number of piperidine rings is 1. The first-order valence-electron chi connectivity index (χ1n) is 6.51. The lowest BCUT2D eigenvalue weighted by molar-refractivity contribution is -0.155. The highest BCUT2D eigenvalue weighted by Crippen LogP contribution is 2.32. The molecule has 1 saturated heterocycles. The van der Waals surface area contributed by atoms with Gasteiger partial charge in [0.25, 0.3) is 0 Å². The van der Waals surface area contributed by atoms with Crippen molar-refractivity contribution in [3.63, 3.8) is 0 Å². The number of benzene rings is 1. The molecule has 1 aliphatic rings. The van der Waals surface area contributed by atoms with Crippen molar-refractivity contribution in [2.45, 2.75) is 26.9 Å². The van der Waals surface area contributed by atoms with Gasteiger partial charge in [-0.2, -0.15) is 0 Å². The Morgan fingerprint density at radius 2 is 2.11 bits per heavy atom. The number of ether oxygens (including phenoxy) is 1. The summed E-state index contributed by atoms with van der Waals surface area (Å²) in [5, 5.41) is 3.33. The van der Waals surface area contributed by atoms with E-state index in [0.717, 1.165) is 25.1 Å². The quantitative estimate of drug-likeness (QED) is 0.833. The highest BCUT2D eigenvalue weighted by molar-refractivity contribution is 5.73. The Kier molecular flexibility index (Phi) is 4.02. The van der Waals surface area contributed by atoms with Crippen LogP contribution in [-0.4, -0.2) is 19.1 Å². The van der Waals surface area contributed by atoms with Crippen molar-refractivity contribution >= 4 is 5.97 Å². The molecule has 1 aromatic rings. The van der Waals surface area contributed by atoms with Crippen LogP contribution in [0.15, 0.2) is 30.3 Å². The fourth-order valence-corrected chi connectivity index (χ4v) is 2.44. The molecule has 0 amide bonds. The Balaban J connectivity index is 1.91. The van der Waals surface area contributed by atoms with E-state index in [4.69, 9.17) is 4.74 Å². The highest BCUT2D eigenvalue weighted by atomic mass is 16.5. The molecule has 0 spiro atoms. The van der Waals surface area contributed by atoms with Crippen LogP contribution in [0.25, 0.3) is 0 Å². The van der Waals surface area contributed by atoms with E-state index in [2.05, 4.69) is 19.2 Å². The molecule has 1 aliphatic heterocycles. The molecule has 3 nitrogen and oxygen atoms in total. The number of hydrogen-bond donors (Lipinski definition) is 1. The molecule has 98 valence electrons. The Bertz CT molecular complexity index is 400. The largest absolute Gasteiger partial charge is 0.461 e. The number of nitrogens with one attached hydrogen (secondary N) is 1. The molecule has 1 N–H and O–H groups in total. The average Bonchev–Trinajstić information content (AvgIpc) is 2.37. The zero-order valence-corrected chi connectivity index (χ0v) is 11.1. The van der Waals surface area contributed by atoms with Gasteiger partial charge in [-0.3, -0.25) is 4.79 Å². The van der Waals surface area contributed by atoms with Gasteiger partial charge in [-0.15, -0.1) is 0 Å². The molecule has 1 atom stereocenters. The third kappa shape index (κ3) is 3.10. The summed E-state index contributed by atoms with van der Waals surface area (Å²) in [7, 11) is 0. The molecule has 1 aromatic carbocycles. The van der Waals surface area contributed by atoms with Crippen LogP contribution >= 0.6 is 0 Å². The molecule has 18 heavy (non-hydrogen) atoms. The van der Waals surface area contributed by atoms with E-state index in [1.807, 2.05) is 30.3 Å². The van der Waals surface area contributed by atoms with Crippen molar-refractivity contribution in [1.29, 1.82) is 0 Å². The van der Waals surface area contributed by atoms with Gasteiger partial charge < -0.3 is 10.1 Å². The van der Waals surface area contributed by atoms with E-state index in [0.29, 0.717) is 6.61 Å². The smallest absolute Gasteiger partial charge is 0.309 e. The maximum Gasteiger partial charge on any atom is 0.309 e. The van der Waals surface area contributed by atoms with E-state index >= 15 is 0 Å². The van der Waals surface area contributed by atoms with E-state index < -0.39 is 0 Å². The summed E-state index contributed by atoms with van der Waals surface area (Å²) in [6.07, 6.45) is 0.862. The van der Waals surface area contributed by atoms with Crippen molar-refractivity contribution in [3.8, 4) is 0 Å². The van der Waals surface area contributed by atoms with Crippen LogP contribution in [0.4, 0.5) is 0 Å². The lowest BCUT2D eigenvalue weighted by Crippen LogP contribution is -2.46. The molecule has 1 unspecified atom stereocenters. The van der Waals surface area contributed by atoms with Gasteiger partial charge >= 0.3 is 5.97 Å². The third-order valence-electron chi connectivity index (χ3n) is 3.64. The maximum absolute atomic E-state index is 12.1. The Morgan fingerprint density at radius 3 is 2.78 bits per heavy atom. The standard InChI is InChI=1S/C15H21NO2/c1-15(2)11-16-9-8-13(15)14(17)18-10-12-6-4-3-5-7-12/h3-7,13,16H,8-11H2,1-2H3. The van der Waals surface area contributed by atoms with Gasteiger partial charge in [0.1, 0.15) is 6.61 Å². The minimum atomic E-state index is -0.0645. The summed E-state index contributed by atoms with van der Waals surface area (Å²) in [4.78, 5) is 12.1. The molecule has 0 bridgehead atoms. The second-order valence-electron chi connectivity index (χ2n) is 5.60. The first-order valence-corrected chi connectivity index (χ1v) is 6.51. The highest BCUT2D eigenvalue weighted by Gasteiger charge is 2.38. The zero-order valence-electron chi connectivity index (χ0n) is 11.1. The van der Waals surface area contributed by atoms with Crippen LogP contribution in [0, 0.1) is 11.3 Å². The predicted octanol–water partition coefficient (Wildman–Crippen LogP) is 2.37. The zero-order chi connectivity index (χ0) is 13.0. The summed E-state index contributed by atoms with van der Waals surface area (Å²) >= 11 is 0. The summed E-state index contributed by atoms with van der Waals surface area (Å²) < 4.78 is 5.44. The number of rotatable bonds is 3. The molecule has 0 radical (unpaired) electrons. The second kappa shape index (κ2) is 5.53. The fourth-order valence-electron chi connectivity index (χ4n) is 2.44. The first-order chi connectivity index (χ1) is 8.59. The van der Waals surface area contributed by atoms with Crippen LogP contribution in [-0.2, 0) is 16.1 Å². The van der Waals surface area contributed by atoms with E-state index in [1.165, 1.54) is 0 Å². The summed E-state index contributed by atoms with van der Waals surface area (Å²) in [6.45, 7) is 6.38. The van der Waals surface area contributed by atoms with Crippen LogP contribution in [0.1, 0.15) is 25.8 Å². The molecule has 2 rings (SSSR count). The number of carbonyl (C=O) groups excluding carboxylic acids is 1. The molecule has 0 saturated carbocycles. The van der Waals surface area contributed by atoms with Crippen molar-refractivity contribution in [2.75, 3.05) is 13.1 Å². The van der Waals surface area contributed by atoms with Gasteiger partial charge in [0.05, 0.1) is 5.92 Å². The normalized spacial score (nSPS) is 22.4. The number of carbonyl (C=O) groups is 1. The SMILES string of the molecule is CC1(C)CNCCC1C(=O)OCc1ccccc1. The maximum atomic E-state index is 12.1. The van der Waals surface area contributed by atoms with Crippen LogP contribution in [0.5, 0.6) is 0 Å². The Morgan fingerprint density at radius 1 is 1.39 bits per heavy atom. The van der Waals surface area contributed by atoms with Crippen molar-refractivity contribution < 1.29 is 9.53 Å². The lowest BCUT2D eigenvalue weighted by atomic mass is 9.74. The van der Waals surface area contributed by atoms with Crippen molar-refractivity contribution in [2.24, 2.45) is 11.3 Å². The van der Waals surface area contributed by atoms with Crippen molar-refractivity contribution in [1.82, 2.24) is 5.32 Å². The lowest BCUT2D eigenvalue weighted by Gasteiger charge is -2.37. The van der Waals surface area contributed by atoms with Gasteiger partial charge in [0.2, 0.25) is 0 Å². The van der Waals surface area contributed by atoms with E-state index in [9.17, 15) is 4.79 Å². The minimum Gasteiger partial charge on any atom is -0.461 e. The number of hydrogen-bond acceptors (Lipinski definition) is 3. The van der Waals surface area contributed by atoms with Crippen molar-refractivity contribution in [3.05, 3.63) is 35.9 Å². The summed E-state index contributed by atoms with van der Waals surface area (Å²) in [6, 6.07) is 9.82. The van der Waals surface area contributed by atoms with Gasteiger partial charge in [0.15, 0.2) is 0 Å². The predicted molar refractivity (Wildman–Crippen MR) is 71.0 cm³/mol. The minimum absolute atomic E-state index is 0.00228. The average molecular weight is 247 g/mol. The molecule has 1 heterocycles. The number of esters is 1. The summed E-state index contributed by atoms with van der Waals surface area (Å²) in [5.41, 5.74) is 1.02. The molecule has 3 heteroatoms. The third-order valence-corrected chi connectivity index (χ3v) is 3.64. The summed E-state index contributed by atoms with van der Waals surface area (Å²) in [5.74, 6) is -0.0622. The van der Waals surface area contributed by atoms with Gasteiger partial charge in [-0.25, -0.2) is 0 Å². The van der Waals surface area contributed by atoms with Gasteiger partial charge in [-0.1, -0.05) is 44.2 Å². The monoisotopic (exact) mass is 247 g/mol. The molecule has 1 fully saturated rings. The first kappa shape index (κ1) is 13.1. The van der Waals surface area contributed by atoms with Gasteiger partial charge in [-0.05, 0) is 23.9 Å². The molecular formula is C15H21NO2. The molecular weight excluding hydrogens is 226 g/mol. The molecule has 0 aliphatic carbocycles. The van der Waals surface area contributed by atoms with Crippen LogP contribution < -0.4 is 5.32 Å². The topological polar surface area (TPSA) is 38.3 Å². The van der Waals surface area contributed by atoms with E-state index in [-0.39, 0.29) is 17.3 Å². The van der Waals surface area contributed by atoms with Crippen LogP contribution in [0.3, 0.4) is 0 Å². The van der Waals surface area contributed by atoms with E-state index in [1.54, 1.807) is 0 Å². The van der Waals surface area contributed by atoms with Gasteiger partial charge in [0, 0.05) is 6.54 Å². The Labute approximate surface area is 109 Å². The molecule has 0 aromatic heterocycles. The second-order valence-corrected chi connectivity index (χ2v) is 5.60. The Hall–Kier alpha value is -1.35.